The highest BCUT2D eigenvalue weighted by Gasteiger charge is 2.41. The fraction of sp³-hybridized carbons (Fsp3) is 0.462. The molecule has 1 saturated carbocycles. The van der Waals surface area contributed by atoms with E-state index >= 15 is 0 Å². The fourth-order valence-corrected chi connectivity index (χ4v) is 2.61. The minimum Gasteiger partial charge on any atom is -0.383 e. The summed E-state index contributed by atoms with van der Waals surface area (Å²) in [6.45, 7) is 0.532. The third kappa shape index (κ3) is 3.00. The Bertz CT molecular complexity index is 480. The second-order valence-electron chi connectivity index (χ2n) is 4.63. The van der Waals surface area contributed by atoms with Gasteiger partial charge in [0.25, 0.3) is 5.91 Å². The summed E-state index contributed by atoms with van der Waals surface area (Å²) >= 11 is 1.71. The highest BCUT2D eigenvalue weighted by Crippen LogP contribution is 2.46. The van der Waals surface area contributed by atoms with Gasteiger partial charge in [0.2, 0.25) is 0 Å². The molecule has 1 aromatic rings. The number of halogens is 2. The van der Waals surface area contributed by atoms with Gasteiger partial charge in [0.1, 0.15) is 17.3 Å². The van der Waals surface area contributed by atoms with Gasteiger partial charge in [0, 0.05) is 23.9 Å². The fourth-order valence-electron chi connectivity index (χ4n) is 1.88. The van der Waals surface area contributed by atoms with Gasteiger partial charge in [-0.1, -0.05) is 0 Å². The maximum Gasteiger partial charge on any atom is 0.251 e. The van der Waals surface area contributed by atoms with Crippen LogP contribution in [0.25, 0.3) is 0 Å². The summed E-state index contributed by atoms with van der Waals surface area (Å²) in [5, 5.41) is 5.15. The molecule has 0 unspecified atom stereocenters. The number of nitrogens with one attached hydrogen (secondary N) is 2. The van der Waals surface area contributed by atoms with Crippen molar-refractivity contribution in [3.8, 4) is 0 Å². The van der Waals surface area contributed by atoms with E-state index in [1.54, 1.807) is 11.8 Å². The molecular weight excluding hydrogens is 270 g/mol. The SMILES string of the molecule is CNc1c(F)cc(C(=O)NCC2(SC)CC2)cc1F. The van der Waals surface area contributed by atoms with E-state index in [0.29, 0.717) is 6.54 Å². The maximum atomic E-state index is 13.5. The zero-order valence-corrected chi connectivity index (χ0v) is 11.7. The number of thioether (sulfide) groups is 1. The molecule has 3 nitrogen and oxygen atoms in total. The highest BCUT2D eigenvalue weighted by molar-refractivity contribution is 8.00. The lowest BCUT2D eigenvalue weighted by molar-refractivity contribution is 0.0952. The summed E-state index contributed by atoms with van der Waals surface area (Å²) in [6, 6.07) is 2.09. The first-order valence-electron chi connectivity index (χ1n) is 6.01. The van der Waals surface area contributed by atoms with Gasteiger partial charge >= 0.3 is 0 Å². The van der Waals surface area contributed by atoms with Gasteiger partial charge in [-0.3, -0.25) is 4.79 Å². The predicted octanol–water partition coefficient (Wildman–Crippen LogP) is 2.63. The number of amides is 1. The molecule has 1 aliphatic carbocycles. The molecule has 19 heavy (non-hydrogen) atoms. The smallest absolute Gasteiger partial charge is 0.251 e. The Morgan fingerprint density at radius 1 is 1.37 bits per heavy atom. The van der Waals surface area contributed by atoms with Gasteiger partial charge in [-0.2, -0.15) is 11.8 Å². The van der Waals surface area contributed by atoms with Crippen LogP contribution in [0.3, 0.4) is 0 Å². The van der Waals surface area contributed by atoms with Crippen LogP contribution in [0.4, 0.5) is 14.5 Å². The number of carbonyl (C=O) groups is 1. The molecule has 0 saturated heterocycles. The lowest BCUT2D eigenvalue weighted by atomic mass is 10.1. The van der Waals surface area contributed by atoms with Crippen LogP contribution in [0.2, 0.25) is 0 Å². The molecule has 0 radical (unpaired) electrons. The van der Waals surface area contributed by atoms with Crippen molar-refractivity contribution >= 4 is 23.4 Å². The maximum absolute atomic E-state index is 13.5. The largest absolute Gasteiger partial charge is 0.383 e. The predicted molar refractivity (Wildman–Crippen MR) is 73.7 cm³/mol. The summed E-state index contributed by atoms with van der Waals surface area (Å²) in [5.74, 6) is -1.97. The summed E-state index contributed by atoms with van der Waals surface area (Å²) in [7, 11) is 1.43. The van der Waals surface area contributed by atoms with Crippen LogP contribution in [0, 0.1) is 11.6 Å². The van der Waals surface area contributed by atoms with Gasteiger partial charge in [0.05, 0.1) is 0 Å². The Morgan fingerprint density at radius 2 is 1.95 bits per heavy atom. The van der Waals surface area contributed by atoms with Crippen molar-refractivity contribution in [1.82, 2.24) is 5.32 Å². The third-order valence-electron chi connectivity index (χ3n) is 3.37. The van der Waals surface area contributed by atoms with Crippen LogP contribution >= 0.6 is 11.8 Å². The van der Waals surface area contributed by atoms with Gasteiger partial charge in [-0.05, 0) is 31.2 Å². The number of anilines is 1. The molecule has 0 bridgehead atoms. The van der Waals surface area contributed by atoms with Crippen LogP contribution in [0.5, 0.6) is 0 Å². The van der Waals surface area contributed by atoms with Gasteiger partial charge in [-0.25, -0.2) is 8.78 Å². The Morgan fingerprint density at radius 3 is 2.37 bits per heavy atom. The van der Waals surface area contributed by atoms with Gasteiger partial charge < -0.3 is 10.6 Å². The molecular formula is C13H16F2N2OS. The van der Waals surface area contributed by atoms with E-state index in [4.69, 9.17) is 0 Å². The number of benzene rings is 1. The number of carbonyl (C=O) groups excluding carboxylic acids is 1. The zero-order valence-electron chi connectivity index (χ0n) is 10.8. The normalized spacial score (nSPS) is 16.0. The lowest BCUT2D eigenvalue weighted by Crippen LogP contribution is -2.31. The zero-order chi connectivity index (χ0) is 14.0. The first kappa shape index (κ1) is 14.1. The Hall–Kier alpha value is -1.30. The molecule has 1 aromatic carbocycles. The van der Waals surface area contributed by atoms with Crippen molar-refractivity contribution in [3.63, 3.8) is 0 Å². The van der Waals surface area contributed by atoms with Crippen LogP contribution in [0.1, 0.15) is 23.2 Å². The Balaban J connectivity index is 2.07. The topological polar surface area (TPSA) is 41.1 Å². The molecule has 2 N–H and O–H groups in total. The molecule has 0 spiro atoms. The van der Waals surface area contributed by atoms with E-state index < -0.39 is 17.5 Å². The molecule has 0 heterocycles. The molecule has 1 amide bonds. The molecule has 6 heteroatoms. The first-order chi connectivity index (χ1) is 9.01. The van der Waals surface area contributed by atoms with Gasteiger partial charge in [-0.15, -0.1) is 0 Å². The molecule has 2 rings (SSSR count). The van der Waals surface area contributed by atoms with Crippen molar-refractivity contribution in [3.05, 3.63) is 29.3 Å². The molecule has 0 aliphatic heterocycles. The molecule has 0 atom stereocenters. The Kier molecular flexibility index (Phi) is 3.99. The minimum absolute atomic E-state index is 0.00547. The van der Waals surface area contributed by atoms with Crippen LogP contribution in [-0.2, 0) is 0 Å². The minimum atomic E-state index is -0.765. The second-order valence-corrected chi connectivity index (χ2v) is 5.91. The van der Waals surface area contributed by atoms with E-state index in [0.717, 1.165) is 25.0 Å². The first-order valence-corrected chi connectivity index (χ1v) is 7.24. The molecule has 1 fully saturated rings. The second kappa shape index (κ2) is 5.36. The Labute approximate surface area is 115 Å². The monoisotopic (exact) mass is 286 g/mol. The summed E-state index contributed by atoms with van der Waals surface area (Å²) in [4.78, 5) is 11.9. The van der Waals surface area contributed by atoms with Crippen LogP contribution < -0.4 is 10.6 Å². The number of rotatable bonds is 5. The average Bonchev–Trinajstić information content (AvgIpc) is 3.16. The van der Waals surface area contributed by atoms with E-state index in [1.165, 1.54) is 7.05 Å². The quantitative estimate of drug-likeness (QED) is 0.874. The highest BCUT2D eigenvalue weighted by atomic mass is 32.2. The van der Waals surface area contributed by atoms with Crippen molar-refractivity contribution in [1.29, 1.82) is 0 Å². The van der Waals surface area contributed by atoms with Crippen molar-refractivity contribution < 1.29 is 13.6 Å². The van der Waals surface area contributed by atoms with E-state index in [-0.39, 0.29) is 16.0 Å². The number of hydrogen-bond acceptors (Lipinski definition) is 3. The number of hydrogen-bond donors (Lipinski definition) is 2. The van der Waals surface area contributed by atoms with E-state index in [9.17, 15) is 13.6 Å². The van der Waals surface area contributed by atoms with Gasteiger partial charge in [0.15, 0.2) is 0 Å². The van der Waals surface area contributed by atoms with E-state index in [1.807, 2.05) is 6.26 Å². The van der Waals surface area contributed by atoms with Crippen LogP contribution in [-0.4, -0.2) is 30.5 Å². The van der Waals surface area contributed by atoms with Crippen molar-refractivity contribution in [2.45, 2.75) is 17.6 Å². The van der Waals surface area contributed by atoms with E-state index in [2.05, 4.69) is 10.6 Å². The molecule has 1 aliphatic rings. The third-order valence-corrected chi connectivity index (χ3v) is 4.78. The summed E-state index contributed by atoms with van der Waals surface area (Å²) in [5.41, 5.74) is -0.217. The standard InChI is InChI=1S/C13H16F2N2OS/c1-16-11-9(14)5-8(6-10(11)15)12(18)17-7-13(19-2)3-4-13/h5-6,16H,3-4,7H2,1-2H3,(H,17,18). The average molecular weight is 286 g/mol. The summed E-state index contributed by atoms with van der Waals surface area (Å²) < 4.78 is 27.2. The molecule has 0 aromatic heterocycles. The lowest BCUT2D eigenvalue weighted by Gasteiger charge is -2.13. The molecule has 104 valence electrons. The van der Waals surface area contributed by atoms with Crippen LogP contribution in [0.15, 0.2) is 12.1 Å². The van der Waals surface area contributed by atoms with Crippen molar-refractivity contribution in [2.24, 2.45) is 0 Å². The summed E-state index contributed by atoms with van der Waals surface area (Å²) in [6.07, 6.45) is 4.13. The van der Waals surface area contributed by atoms with Crippen molar-refractivity contribution in [2.75, 3.05) is 25.2 Å².